The van der Waals surface area contributed by atoms with Crippen LogP contribution in [0.3, 0.4) is 0 Å². The average Bonchev–Trinajstić information content (AvgIpc) is 2.34. The van der Waals surface area contributed by atoms with Gasteiger partial charge in [-0.15, -0.1) is 0 Å². The number of allylic oxidation sites excluding steroid dienone is 1. The first-order valence-electron chi connectivity index (χ1n) is 3.40. The second kappa shape index (κ2) is 2.67. The fourth-order valence-electron chi connectivity index (χ4n) is 0.767. The van der Waals surface area contributed by atoms with E-state index in [4.69, 9.17) is 0 Å². The molecule has 2 nitrogen and oxygen atoms in total. The fourth-order valence-corrected chi connectivity index (χ4v) is 0.767. The van der Waals surface area contributed by atoms with Crippen molar-refractivity contribution in [3.63, 3.8) is 0 Å². The molecule has 1 N–H and O–H groups in total. The normalized spacial score (nSPS) is 16.7. The minimum atomic E-state index is 1.00. The zero-order valence-electron chi connectivity index (χ0n) is 5.94. The van der Waals surface area contributed by atoms with Gasteiger partial charge in [0.25, 0.3) is 5.84 Å². The van der Waals surface area contributed by atoms with Gasteiger partial charge in [0.05, 0.1) is 6.42 Å². The van der Waals surface area contributed by atoms with Gasteiger partial charge in [0.15, 0.2) is 5.70 Å². The molecule has 0 amide bonds. The topological polar surface area (TPSA) is 26.1 Å². The number of rotatable bonds is 2. The lowest BCUT2D eigenvalue weighted by Crippen LogP contribution is -2.14. The summed E-state index contributed by atoms with van der Waals surface area (Å²) in [5, 5.41) is 3.10. The highest BCUT2D eigenvalue weighted by atomic mass is 15.0. The number of nitrogens with one attached hydrogen (secondary N) is 1. The lowest BCUT2D eigenvalue weighted by molar-refractivity contribution is 1.02. The SMILES string of the molecule is CCC1=CNC(CC)=[N+]1. The predicted octanol–water partition coefficient (Wildman–Crippen LogP) is 0.985. The van der Waals surface area contributed by atoms with Crippen LogP contribution in [0.1, 0.15) is 26.7 Å². The lowest BCUT2D eigenvalue weighted by Gasteiger charge is -1.78. The second-order valence-electron chi connectivity index (χ2n) is 2.05. The van der Waals surface area contributed by atoms with Crippen molar-refractivity contribution in [2.45, 2.75) is 26.7 Å². The number of nitrogens with zero attached hydrogens (tertiary/aromatic N) is 1. The summed E-state index contributed by atoms with van der Waals surface area (Å²) in [5.74, 6) is 1.09. The molecule has 1 aliphatic heterocycles. The first-order valence-corrected chi connectivity index (χ1v) is 3.40. The van der Waals surface area contributed by atoms with Crippen LogP contribution in [0.15, 0.2) is 11.9 Å². The van der Waals surface area contributed by atoms with Crippen molar-refractivity contribution >= 4 is 5.84 Å². The highest BCUT2D eigenvalue weighted by molar-refractivity contribution is 5.84. The Balaban J connectivity index is 2.52. The smallest absolute Gasteiger partial charge is 0.244 e. The summed E-state index contributed by atoms with van der Waals surface area (Å²) >= 11 is 0. The van der Waals surface area contributed by atoms with Crippen LogP contribution in [0.5, 0.6) is 0 Å². The molecule has 0 bridgehead atoms. The van der Waals surface area contributed by atoms with Crippen LogP contribution in [-0.2, 0) is 0 Å². The molecule has 0 aromatic carbocycles. The van der Waals surface area contributed by atoms with Gasteiger partial charge in [-0.2, -0.15) is 0 Å². The standard InChI is InChI=1S/C7H12N2/c1-3-6-5-8-7(4-2)9-6/h5,8H,3-4H2,1-2H3/q+1. The van der Waals surface area contributed by atoms with Gasteiger partial charge in [0, 0.05) is 6.42 Å². The van der Waals surface area contributed by atoms with Crippen molar-refractivity contribution in [1.29, 1.82) is 0 Å². The Bertz CT molecular complexity index is 156. The Morgan fingerprint density at radius 1 is 1.44 bits per heavy atom. The van der Waals surface area contributed by atoms with Crippen LogP contribution in [0.4, 0.5) is 0 Å². The van der Waals surface area contributed by atoms with Crippen molar-refractivity contribution in [2.75, 3.05) is 0 Å². The van der Waals surface area contributed by atoms with E-state index in [0.717, 1.165) is 24.4 Å². The van der Waals surface area contributed by atoms with Crippen LogP contribution in [0, 0.1) is 0 Å². The van der Waals surface area contributed by atoms with Crippen molar-refractivity contribution in [3.05, 3.63) is 11.9 Å². The van der Waals surface area contributed by atoms with Crippen LogP contribution in [0.2, 0.25) is 0 Å². The van der Waals surface area contributed by atoms with Gasteiger partial charge < -0.3 is 0 Å². The van der Waals surface area contributed by atoms with Gasteiger partial charge in [-0.25, -0.2) is 5.32 Å². The maximum atomic E-state index is 4.29. The van der Waals surface area contributed by atoms with Crippen molar-refractivity contribution in [3.8, 4) is 0 Å². The molecule has 1 radical (unpaired) electrons. The average molecular weight is 124 g/mol. The van der Waals surface area contributed by atoms with E-state index in [2.05, 4.69) is 24.2 Å². The molecule has 1 aliphatic rings. The number of hydrogen-bond donors (Lipinski definition) is 1. The van der Waals surface area contributed by atoms with E-state index < -0.39 is 0 Å². The summed E-state index contributed by atoms with van der Waals surface area (Å²) in [4.78, 5) is 4.29. The van der Waals surface area contributed by atoms with Crippen LogP contribution in [-0.4, -0.2) is 5.84 Å². The van der Waals surface area contributed by atoms with Crippen LogP contribution < -0.4 is 10.3 Å². The van der Waals surface area contributed by atoms with Crippen molar-refractivity contribution in [1.82, 2.24) is 10.3 Å². The molecule has 0 spiro atoms. The summed E-state index contributed by atoms with van der Waals surface area (Å²) in [6, 6.07) is 0. The van der Waals surface area contributed by atoms with E-state index in [1.165, 1.54) is 0 Å². The summed E-state index contributed by atoms with van der Waals surface area (Å²) in [7, 11) is 0. The van der Waals surface area contributed by atoms with E-state index in [9.17, 15) is 0 Å². The fraction of sp³-hybridized carbons (Fsp3) is 0.571. The van der Waals surface area contributed by atoms with E-state index in [-0.39, 0.29) is 0 Å². The van der Waals surface area contributed by atoms with E-state index in [0.29, 0.717) is 0 Å². The minimum absolute atomic E-state index is 1.00. The molecule has 0 aromatic rings. The molecule has 0 aliphatic carbocycles. The number of amidine groups is 1. The zero-order chi connectivity index (χ0) is 6.69. The molecule has 1 heterocycles. The maximum Gasteiger partial charge on any atom is 0.296 e. The third-order valence-corrected chi connectivity index (χ3v) is 1.38. The Kier molecular flexibility index (Phi) is 1.88. The zero-order valence-corrected chi connectivity index (χ0v) is 5.94. The molecule has 1 rings (SSSR count). The maximum absolute atomic E-state index is 4.29. The summed E-state index contributed by atoms with van der Waals surface area (Å²) in [6.45, 7) is 4.20. The van der Waals surface area contributed by atoms with E-state index in [1.807, 2.05) is 6.20 Å². The third-order valence-electron chi connectivity index (χ3n) is 1.38. The minimum Gasteiger partial charge on any atom is -0.244 e. The largest absolute Gasteiger partial charge is 0.296 e. The molecule has 0 saturated carbocycles. The molecule has 9 heavy (non-hydrogen) atoms. The molecular weight excluding hydrogens is 112 g/mol. The van der Waals surface area contributed by atoms with Gasteiger partial charge in [0.1, 0.15) is 6.20 Å². The molecule has 0 aromatic heterocycles. The number of aliphatic imine (C=N–C) groups is 1. The van der Waals surface area contributed by atoms with E-state index >= 15 is 0 Å². The first kappa shape index (κ1) is 6.33. The lowest BCUT2D eigenvalue weighted by atomic mass is 10.4. The van der Waals surface area contributed by atoms with Crippen molar-refractivity contribution in [2.24, 2.45) is 0 Å². The van der Waals surface area contributed by atoms with Gasteiger partial charge >= 0.3 is 0 Å². The predicted molar refractivity (Wildman–Crippen MR) is 38.9 cm³/mol. The second-order valence-corrected chi connectivity index (χ2v) is 2.05. The van der Waals surface area contributed by atoms with E-state index in [1.54, 1.807) is 0 Å². The van der Waals surface area contributed by atoms with Crippen molar-refractivity contribution < 1.29 is 0 Å². The van der Waals surface area contributed by atoms with Gasteiger partial charge in [-0.05, 0) is 4.99 Å². The highest BCUT2D eigenvalue weighted by Gasteiger charge is 2.14. The van der Waals surface area contributed by atoms with Gasteiger partial charge in [0.2, 0.25) is 0 Å². The summed E-state index contributed by atoms with van der Waals surface area (Å²) < 4.78 is 0. The molecule has 0 atom stereocenters. The Morgan fingerprint density at radius 2 is 2.22 bits per heavy atom. The Morgan fingerprint density at radius 3 is 2.56 bits per heavy atom. The monoisotopic (exact) mass is 124 g/mol. The Hall–Kier alpha value is -0.790. The highest BCUT2D eigenvalue weighted by Crippen LogP contribution is 1.98. The molecule has 0 saturated heterocycles. The first-order chi connectivity index (χ1) is 4.36. The molecule has 2 heteroatoms. The van der Waals surface area contributed by atoms with Gasteiger partial charge in [-0.3, -0.25) is 0 Å². The third kappa shape index (κ3) is 1.31. The van der Waals surface area contributed by atoms with Crippen LogP contribution in [0.25, 0.3) is 0 Å². The molecule has 49 valence electrons. The molecular formula is C7H12N2+. The van der Waals surface area contributed by atoms with Gasteiger partial charge in [-0.1, -0.05) is 13.8 Å². The van der Waals surface area contributed by atoms with Crippen LogP contribution >= 0.6 is 0 Å². The molecule has 0 fully saturated rings. The summed E-state index contributed by atoms with van der Waals surface area (Å²) in [6.07, 6.45) is 4.00. The quantitative estimate of drug-likeness (QED) is 0.583. The Labute approximate surface area is 55.7 Å². The number of hydrogen-bond acceptors (Lipinski definition) is 2. The summed E-state index contributed by atoms with van der Waals surface area (Å²) in [5.41, 5.74) is 1.16. The molecule has 0 unspecified atom stereocenters.